The van der Waals surface area contributed by atoms with Crippen LogP contribution < -0.4 is 30.6 Å². The maximum absolute atomic E-state index is 12.2. The van der Waals surface area contributed by atoms with E-state index in [1.807, 2.05) is 109 Å². The number of hydrogen-bond donors (Lipinski definition) is 0. The Bertz CT molecular complexity index is 4260. The molecule has 0 fully saturated rings. The van der Waals surface area contributed by atoms with E-state index in [0.717, 1.165) is 0 Å². The fourth-order valence-corrected chi connectivity index (χ4v) is 10.9. The number of nitrogens with zero attached hydrogens (tertiary/aromatic N) is 12. The number of aryl methyl sites for hydroxylation is 6. The summed E-state index contributed by atoms with van der Waals surface area (Å²) in [5.41, 5.74) is 8.19. The average Bonchev–Trinajstić information content (AvgIpc) is 1.70. The Balaban J connectivity index is 0.000000235. The number of carbonyl (C=O) groups excluding carboxylic acids is 6. The molecule has 0 unspecified atom stereocenters. The number of hydrogen-bond acceptors (Lipinski definition) is 18. The third kappa shape index (κ3) is 21.7. The molecular weight excluding hydrogens is 1690 g/mol. The van der Waals surface area contributed by atoms with E-state index in [4.69, 9.17) is 0 Å². The maximum atomic E-state index is 12.2. The van der Waals surface area contributed by atoms with Gasteiger partial charge in [0.25, 0.3) is 0 Å². The Kier molecular flexibility index (Phi) is 33.9. The molecule has 110 heavy (non-hydrogen) atoms. The fraction of sp³-hybridized carbons (Fsp3) is 0.286. The maximum Gasteiger partial charge on any atom is 3.00 e. The summed E-state index contributed by atoms with van der Waals surface area (Å²) in [6.07, 6.45) is 0. The molecule has 6 aromatic carbocycles. The Morgan fingerprint density at radius 1 is 0.218 bits per heavy atom. The standard InChI is InChI=1S/6C14H16N2O2.2Tb/c6*1-9(2)13(17)12-10(3)15-16(14(12)18)11-7-5-4-6-8-11;;/h6*4-9,18H,1-3H3;;/q;;;;;;2*+3/p-6. The zero-order valence-electron chi connectivity index (χ0n) is 64.7. The van der Waals surface area contributed by atoms with Gasteiger partial charge >= 0.3 is 77.2 Å². The van der Waals surface area contributed by atoms with Gasteiger partial charge in [-0.3, -0.25) is 28.8 Å². The van der Waals surface area contributed by atoms with Gasteiger partial charge in [-0.05, 0) is 114 Å². The van der Waals surface area contributed by atoms with Crippen LogP contribution in [0.25, 0.3) is 34.1 Å². The molecule has 0 radical (unpaired) electrons. The largest absolute Gasteiger partial charge is 3.00 e. The first-order valence-corrected chi connectivity index (χ1v) is 35.3. The number of rotatable bonds is 18. The number of para-hydroxylation sites is 6. The molecular formula is C84H90N12O12Tb2. The van der Waals surface area contributed by atoms with Crippen molar-refractivity contribution in [2.45, 2.75) is 125 Å². The average molecular weight is 1780 g/mol. The van der Waals surface area contributed by atoms with Crippen LogP contribution in [0.1, 0.15) is 179 Å². The first-order chi connectivity index (χ1) is 51.1. The summed E-state index contributed by atoms with van der Waals surface area (Å²) in [7, 11) is 0. The van der Waals surface area contributed by atoms with Gasteiger partial charge < -0.3 is 30.6 Å². The van der Waals surface area contributed by atoms with Gasteiger partial charge in [-0.1, -0.05) is 192 Å². The summed E-state index contributed by atoms with van der Waals surface area (Å²) in [5.74, 6) is -4.16. The predicted molar refractivity (Wildman–Crippen MR) is 401 cm³/mol. The number of benzene rings is 6. The van der Waals surface area contributed by atoms with Crippen LogP contribution in [0, 0.1) is 154 Å². The molecule has 0 aliphatic carbocycles. The molecule has 26 heteroatoms. The topological polar surface area (TPSA) is 348 Å². The van der Waals surface area contributed by atoms with Gasteiger partial charge in [-0.2, -0.15) is 30.6 Å². The van der Waals surface area contributed by atoms with Gasteiger partial charge in [-0.25, -0.2) is 28.1 Å². The van der Waals surface area contributed by atoms with Crippen LogP contribution in [0.3, 0.4) is 0 Å². The van der Waals surface area contributed by atoms with Crippen molar-refractivity contribution in [2.75, 3.05) is 0 Å². The first kappa shape index (κ1) is 90.6. The molecule has 6 aromatic heterocycles. The third-order valence-corrected chi connectivity index (χ3v) is 16.7. The summed E-state index contributed by atoms with van der Waals surface area (Å²) in [6, 6.07) is 54.6. The second kappa shape index (κ2) is 41.1. The minimum atomic E-state index is -0.336. The molecule has 0 aliphatic heterocycles. The van der Waals surface area contributed by atoms with E-state index >= 15 is 0 Å². The zero-order chi connectivity index (χ0) is 79.7. The summed E-state index contributed by atoms with van der Waals surface area (Å²) in [4.78, 5) is 71.9. The van der Waals surface area contributed by atoms with Crippen LogP contribution in [0.5, 0.6) is 35.3 Å². The molecule has 0 amide bonds. The van der Waals surface area contributed by atoms with Gasteiger partial charge in [0, 0.05) is 70.8 Å². The molecule has 576 valence electrons. The van der Waals surface area contributed by atoms with E-state index in [1.54, 1.807) is 197 Å². The van der Waals surface area contributed by atoms with Crippen LogP contribution in [0.15, 0.2) is 182 Å². The Labute approximate surface area is 702 Å². The summed E-state index contributed by atoms with van der Waals surface area (Å²) >= 11 is 0. The molecule has 0 atom stereocenters. The third-order valence-electron chi connectivity index (χ3n) is 16.7. The molecule has 0 N–H and O–H groups in total. The second-order valence-electron chi connectivity index (χ2n) is 27.2. The Morgan fingerprint density at radius 3 is 0.409 bits per heavy atom. The van der Waals surface area contributed by atoms with Gasteiger partial charge in [0.15, 0.2) is 34.7 Å². The number of aromatic nitrogens is 12. The SMILES string of the molecule is Cc1nn(-c2ccccc2)c([O-])c1C(=O)C(C)C.Cc1nn(-c2ccccc2)c([O-])c1C(=O)C(C)C.Cc1nn(-c2ccccc2)c([O-])c1C(=O)C(C)C.Cc1nn(-c2ccccc2)c([O-])c1C(=O)C(C)C.Cc1nn(-c2ccccc2)c([O-])c1C(=O)C(C)C.Cc1nn(-c2ccccc2)c([O-])c1C(=O)C(C)C.[Tb+3].[Tb+3]. The predicted octanol–water partition coefficient (Wildman–Crippen LogP) is 12.6. The van der Waals surface area contributed by atoms with E-state index in [2.05, 4.69) is 30.6 Å². The van der Waals surface area contributed by atoms with E-state index in [-0.39, 0.29) is 216 Å². The minimum Gasteiger partial charge on any atom is -0.858 e. The Hall–Kier alpha value is -10.0. The van der Waals surface area contributed by atoms with Crippen molar-refractivity contribution in [3.63, 3.8) is 0 Å². The molecule has 6 heterocycles. The summed E-state index contributed by atoms with van der Waals surface area (Å²) in [5, 5.41) is 98.3. The van der Waals surface area contributed by atoms with Gasteiger partial charge in [-0.15, -0.1) is 0 Å². The fourth-order valence-electron chi connectivity index (χ4n) is 10.9. The van der Waals surface area contributed by atoms with Crippen molar-refractivity contribution in [3.05, 3.63) is 250 Å². The van der Waals surface area contributed by atoms with E-state index in [1.165, 1.54) is 28.1 Å². The monoisotopic (exact) mass is 1780 g/mol. The van der Waals surface area contributed by atoms with Crippen LogP contribution in [-0.2, 0) is 0 Å². The van der Waals surface area contributed by atoms with Crippen molar-refractivity contribution < 1.29 is 137 Å². The van der Waals surface area contributed by atoms with Crippen molar-refractivity contribution in [1.82, 2.24) is 58.7 Å². The Morgan fingerprint density at radius 2 is 0.318 bits per heavy atom. The molecule has 12 aromatic rings. The van der Waals surface area contributed by atoms with Gasteiger partial charge in [0.2, 0.25) is 0 Å². The van der Waals surface area contributed by atoms with Crippen molar-refractivity contribution in [1.29, 1.82) is 0 Å². The molecule has 0 spiro atoms. The number of Topliss-reactive ketones (excluding diaryl/α,β-unsaturated/α-hetero) is 6. The van der Waals surface area contributed by atoms with Gasteiger partial charge in [0.1, 0.15) is 0 Å². The number of ketones is 6. The molecule has 0 saturated heterocycles. The van der Waals surface area contributed by atoms with Crippen molar-refractivity contribution >= 4 is 34.7 Å². The molecule has 0 aliphatic rings. The van der Waals surface area contributed by atoms with E-state index in [0.29, 0.717) is 68.3 Å². The smallest absolute Gasteiger partial charge is 0.858 e. The minimum absolute atomic E-state index is 0. The molecule has 0 saturated carbocycles. The molecule has 12 rings (SSSR count). The van der Waals surface area contributed by atoms with E-state index in [9.17, 15) is 59.4 Å². The van der Waals surface area contributed by atoms with Gasteiger partial charge in [0.05, 0.1) is 102 Å². The van der Waals surface area contributed by atoms with Crippen LogP contribution in [0.2, 0.25) is 0 Å². The molecule has 0 bridgehead atoms. The second-order valence-corrected chi connectivity index (χ2v) is 27.2. The number of carbonyl (C=O) groups is 6. The first-order valence-electron chi connectivity index (χ1n) is 35.3. The normalized spacial score (nSPS) is 10.7. The van der Waals surface area contributed by atoms with Crippen LogP contribution in [-0.4, -0.2) is 93.4 Å². The van der Waals surface area contributed by atoms with Crippen molar-refractivity contribution in [3.8, 4) is 69.4 Å². The van der Waals surface area contributed by atoms with E-state index < -0.39 is 0 Å². The zero-order valence-corrected chi connectivity index (χ0v) is 69.0. The van der Waals surface area contributed by atoms with Crippen LogP contribution in [0.4, 0.5) is 0 Å². The van der Waals surface area contributed by atoms with Crippen molar-refractivity contribution in [2.24, 2.45) is 35.5 Å². The summed E-state index contributed by atoms with van der Waals surface area (Å²) in [6.45, 7) is 31.5. The summed E-state index contributed by atoms with van der Waals surface area (Å²) < 4.78 is 7.70. The van der Waals surface area contributed by atoms with Crippen LogP contribution >= 0.6 is 0 Å². The quantitative estimate of drug-likeness (QED) is 0.0720. The molecule has 24 nitrogen and oxygen atoms in total.